The zero-order valence-corrected chi connectivity index (χ0v) is 18.8. The van der Waals surface area contributed by atoms with Crippen LogP contribution in [-0.2, 0) is 19.5 Å². The van der Waals surface area contributed by atoms with E-state index >= 15 is 0 Å². The van der Waals surface area contributed by atoms with Gasteiger partial charge in [-0.1, -0.05) is 42.5 Å². The van der Waals surface area contributed by atoms with Crippen LogP contribution < -0.4 is 9.46 Å². The largest absolute Gasteiger partial charge is 0.457 e. The van der Waals surface area contributed by atoms with Crippen molar-refractivity contribution < 1.29 is 49.0 Å². The van der Waals surface area contributed by atoms with Crippen molar-refractivity contribution in [3.8, 4) is 11.5 Å². The van der Waals surface area contributed by atoms with Crippen molar-refractivity contribution in [2.45, 2.75) is 24.4 Å². The maximum Gasteiger partial charge on any atom is 0.411 e. The number of halogens is 6. The van der Waals surface area contributed by atoms with Crippen LogP contribution in [0.25, 0.3) is 10.8 Å². The summed E-state index contributed by atoms with van der Waals surface area (Å²) in [5, 5.41) is -1.68. The fourth-order valence-corrected chi connectivity index (χ4v) is 3.96. The van der Waals surface area contributed by atoms with E-state index in [0.717, 1.165) is 10.8 Å². The lowest BCUT2D eigenvalue weighted by molar-refractivity contribution is -0.270. The highest BCUT2D eigenvalue weighted by atomic mass is 32.2. The molecule has 0 bridgehead atoms. The van der Waals surface area contributed by atoms with Gasteiger partial charge in [0.1, 0.15) is 24.7 Å². The quantitative estimate of drug-likeness (QED) is 0.267. The molecule has 3 rings (SSSR count). The lowest BCUT2D eigenvalue weighted by Crippen LogP contribution is -2.48. The Bertz CT molecular complexity index is 1250. The Morgan fingerprint density at radius 2 is 1.37 bits per heavy atom. The van der Waals surface area contributed by atoms with Gasteiger partial charge in [0.25, 0.3) is 15.1 Å². The van der Waals surface area contributed by atoms with Crippen LogP contribution in [0.5, 0.6) is 11.5 Å². The molecule has 3 aromatic rings. The molecule has 0 aromatic heterocycles. The van der Waals surface area contributed by atoms with E-state index < -0.39 is 40.7 Å². The summed E-state index contributed by atoms with van der Waals surface area (Å²) in [5.41, 5.74) is -0.208. The van der Waals surface area contributed by atoms with E-state index in [-0.39, 0.29) is 11.4 Å². The standard InChI is InChI=1S/C22H19F6NO5S/c1-20(32-13-21(23,24)25,33-14-22(26,27)28)35(30,31)29-16-8-5-9-17(12-16)34-19-11-4-7-15-6-2-3-10-18(15)19/h2-12,29H,13-14H2,1H3. The van der Waals surface area contributed by atoms with Crippen LogP contribution in [0, 0.1) is 0 Å². The number of rotatable bonds is 9. The summed E-state index contributed by atoms with van der Waals surface area (Å²) in [6.45, 7) is -3.87. The Hall–Kier alpha value is -3.03. The van der Waals surface area contributed by atoms with Crippen LogP contribution in [0.3, 0.4) is 0 Å². The third-order valence-electron chi connectivity index (χ3n) is 4.55. The molecule has 6 nitrogen and oxygen atoms in total. The van der Waals surface area contributed by atoms with E-state index in [4.69, 9.17) is 4.74 Å². The number of nitrogens with one attached hydrogen (secondary N) is 1. The van der Waals surface area contributed by atoms with Gasteiger partial charge >= 0.3 is 12.4 Å². The molecule has 0 spiro atoms. The molecule has 0 radical (unpaired) electrons. The first-order chi connectivity index (χ1) is 16.2. The minimum absolute atomic E-state index is 0.149. The van der Waals surface area contributed by atoms with Gasteiger partial charge < -0.3 is 14.2 Å². The average Bonchev–Trinajstić information content (AvgIpc) is 2.75. The SMILES string of the molecule is CC(OCC(F)(F)F)(OCC(F)(F)F)S(=O)(=O)Nc1cccc(Oc2cccc3ccccc23)c1. The number of alkyl halides is 6. The summed E-state index contributed by atoms with van der Waals surface area (Å²) in [4.78, 5) is 0. The molecular formula is C22H19F6NO5S. The summed E-state index contributed by atoms with van der Waals surface area (Å²) in [7, 11) is -5.09. The molecule has 3 aromatic carbocycles. The fourth-order valence-electron chi connectivity index (χ4n) is 2.91. The van der Waals surface area contributed by atoms with Crippen molar-refractivity contribution in [1.29, 1.82) is 0 Å². The lowest BCUT2D eigenvalue weighted by atomic mass is 10.1. The monoisotopic (exact) mass is 523 g/mol. The number of hydrogen-bond acceptors (Lipinski definition) is 5. The van der Waals surface area contributed by atoms with E-state index in [2.05, 4.69) is 9.47 Å². The number of ether oxygens (including phenoxy) is 3. The number of anilines is 1. The van der Waals surface area contributed by atoms with E-state index in [9.17, 15) is 34.8 Å². The lowest BCUT2D eigenvalue weighted by Gasteiger charge is -2.30. The number of sulfonamides is 1. The van der Waals surface area contributed by atoms with Crippen molar-refractivity contribution in [3.63, 3.8) is 0 Å². The molecule has 0 aliphatic carbocycles. The second-order valence-corrected chi connectivity index (χ2v) is 9.34. The van der Waals surface area contributed by atoms with Crippen LogP contribution in [0.4, 0.5) is 32.0 Å². The maximum atomic E-state index is 12.8. The highest BCUT2D eigenvalue weighted by Gasteiger charge is 2.47. The predicted molar refractivity (Wildman–Crippen MR) is 115 cm³/mol. The van der Waals surface area contributed by atoms with Crippen molar-refractivity contribution in [1.82, 2.24) is 0 Å². The average molecular weight is 523 g/mol. The molecular weight excluding hydrogens is 504 g/mol. The van der Waals surface area contributed by atoms with Gasteiger partial charge in [0, 0.05) is 18.4 Å². The molecule has 190 valence electrons. The van der Waals surface area contributed by atoms with Gasteiger partial charge in [0.05, 0.1) is 5.69 Å². The number of benzene rings is 3. The van der Waals surface area contributed by atoms with Crippen molar-refractivity contribution >= 4 is 26.5 Å². The minimum Gasteiger partial charge on any atom is -0.457 e. The van der Waals surface area contributed by atoms with Gasteiger partial charge in [-0.2, -0.15) is 26.3 Å². The number of fused-ring (bicyclic) bond motifs is 1. The first-order valence-corrected chi connectivity index (χ1v) is 11.4. The molecule has 0 saturated heterocycles. The van der Waals surface area contributed by atoms with Gasteiger partial charge in [-0.05, 0) is 23.6 Å². The van der Waals surface area contributed by atoms with Crippen LogP contribution in [0.1, 0.15) is 6.92 Å². The predicted octanol–water partition coefficient (Wildman–Crippen LogP) is 6.21. The Morgan fingerprint density at radius 1 is 0.800 bits per heavy atom. The van der Waals surface area contributed by atoms with Crippen LogP contribution in [0.15, 0.2) is 66.7 Å². The molecule has 0 saturated carbocycles. The molecule has 0 aliphatic rings. The molecule has 0 aliphatic heterocycles. The Balaban J connectivity index is 1.85. The smallest absolute Gasteiger partial charge is 0.411 e. The summed E-state index contributed by atoms with van der Waals surface area (Å²) in [6.07, 6.45) is -10.0. The second-order valence-electron chi connectivity index (χ2n) is 7.38. The molecule has 0 atom stereocenters. The summed E-state index contributed by atoms with van der Waals surface area (Å²) in [6, 6.07) is 17.8. The van der Waals surface area contributed by atoms with Gasteiger partial charge in [0.15, 0.2) is 0 Å². The Labute approximate surface area is 196 Å². The maximum absolute atomic E-state index is 12.8. The summed E-state index contributed by atoms with van der Waals surface area (Å²) < 4.78 is 117. The first-order valence-electron chi connectivity index (χ1n) is 9.87. The van der Waals surface area contributed by atoms with Gasteiger partial charge in [-0.25, -0.2) is 8.42 Å². The van der Waals surface area contributed by atoms with Crippen LogP contribution >= 0.6 is 0 Å². The van der Waals surface area contributed by atoms with Gasteiger partial charge in [0.2, 0.25) is 0 Å². The summed E-state index contributed by atoms with van der Waals surface area (Å²) >= 11 is 0. The molecule has 1 N–H and O–H groups in total. The molecule has 0 unspecified atom stereocenters. The molecule has 13 heteroatoms. The third kappa shape index (κ3) is 7.23. The van der Waals surface area contributed by atoms with Crippen molar-refractivity contribution in [3.05, 3.63) is 66.7 Å². The van der Waals surface area contributed by atoms with E-state index in [1.807, 2.05) is 22.9 Å². The Kier molecular flexibility index (Phi) is 7.53. The normalized spacial score (nSPS) is 13.1. The third-order valence-corrected chi connectivity index (χ3v) is 6.26. The molecule has 0 heterocycles. The molecule has 0 amide bonds. The van der Waals surface area contributed by atoms with E-state index in [0.29, 0.717) is 12.7 Å². The number of hydrogen-bond donors (Lipinski definition) is 1. The molecule has 0 fully saturated rings. The highest BCUT2D eigenvalue weighted by Crippen LogP contribution is 2.33. The minimum atomic E-state index is -5.09. The zero-order chi connectivity index (χ0) is 25.9. The van der Waals surface area contributed by atoms with Gasteiger partial charge in [-0.15, -0.1) is 0 Å². The second kappa shape index (κ2) is 9.91. The first kappa shape index (κ1) is 26.6. The van der Waals surface area contributed by atoms with Crippen LogP contribution in [0.2, 0.25) is 0 Å². The fraction of sp³-hybridized carbons (Fsp3) is 0.273. The summed E-state index contributed by atoms with van der Waals surface area (Å²) in [5.74, 6) is 0.589. The topological polar surface area (TPSA) is 73.9 Å². The zero-order valence-electron chi connectivity index (χ0n) is 18.0. The van der Waals surface area contributed by atoms with Crippen molar-refractivity contribution in [2.24, 2.45) is 0 Å². The van der Waals surface area contributed by atoms with Gasteiger partial charge in [-0.3, -0.25) is 4.72 Å². The van der Waals surface area contributed by atoms with Crippen LogP contribution in [-0.4, -0.2) is 39.1 Å². The van der Waals surface area contributed by atoms with E-state index in [1.54, 1.807) is 24.3 Å². The highest BCUT2D eigenvalue weighted by molar-refractivity contribution is 7.93. The Morgan fingerprint density at radius 3 is 2.00 bits per heavy atom. The molecule has 35 heavy (non-hydrogen) atoms. The van der Waals surface area contributed by atoms with E-state index in [1.165, 1.54) is 24.3 Å². The van der Waals surface area contributed by atoms with Crippen molar-refractivity contribution in [2.75, 3.05) is 17.9 Å².